The molecule has 0 aliphatic carbocycles. The first-order chi connectivity index (χ1) is 7.10. The van der Waals surface area contributed by atoms with E-state index in [9.17, 15) is 9.59 Å². The third-order valence-corrected chi connectivity index (χ3v) is 2.23. The van der Waals surface area contributed by atoms with E-state index in [1.165, 1.54) is 13.2 Å². The van der Waals surface area contributed by atoms with Gasteiger partial charge in [-0.15, -0.1) is 0 Å². The van der Waals surface area contributed by atoms with Crippen molar-refractivity contribution < 1.29 is 14.3 Å². The molecule has 0 atom stereocenters. The van der Waals surface area contributed by atoms with Crippen LogP contribution in [-0.2, 0) is 4.79 Å². The predicted octanol–water partition coefficient (Wildman–Crippen LogP) is 2.43. The maximum Gasteiger partial charge on any atom is 0.173 e. The lowest BCUT2D eigenvalue weighted by Gasteiger charge is -2.10. The number of benzene rings is 1. The second-order valence-electron chi connectivity index (χ2n) is 3.10. The third-order valence-electron chi connectivity index (χ3n) is 2.01. The summed E-state index contributed by atoms with van der Waals surface area (Å²) in [5.41, 5.74) is 1.13. The minimum absolute atomic E-state index is 0.157. The number of carbonyl (C=O) groups is 2. The van der Waals surface area contributed by atoms with Gasteiger partial charge in [0.2, 0.25) is 0 Å². The lowest BCUT2D eigenvalue weighted by Crippen LogP contribution is -2.04. The quantitative estimate of drug-likeness (QED) is 0.450. The smallest absolute Gasteiger partial charge is 0.173 e. The lowest BCUT2D eigenvalue weighted by molar-refractivity contribution is -0.107. The molecule has 0 amide bonds. The van der Waals surface area contributed by atoms with Gasteiger partial charge in [-0.05, 0) is 24.6 Å². The number of hydrogen-bond donors (Lipinski definition) is 0. The first-order valence-corrected chi connectivity index (χ1v) is 4.79. The number of Topliss-reactive ketones (excluding diaryl/α,β-unsaturated/α-hetero) is 1. The topological polar surface area (TPSA) is 43.4 Å². The zero-order valence-corrected chi connectivity index (χ0v) is 9.30. The van der Waals surface area contributed by atoms with Crippen LogP contribution in [0.3, 0.4) is 0 Å². The molecule has 0 saturated heterocycles. The van der Waals surface area contributed by atoms with E-state index in [2.05, 4.69) is 0 Å². The van der Waals surface area contributed by atoms with Gasteiger partial charge in [-0.25, -0.2) is 0 Å². The largest absolute Gasteiger partial charge is 0.496 e. The number of methoxy groups -OCH3 is 1. The number of hydrogen-bond acceptors (Lipinski definition) is 3. The fourth-order valence-corrected chi connectivity index (χ4v) is 1.67. The van der Waals surface area contributed by atoms with Crippen LogP contribution in [-0.4, -0.2) is 19.2 Å². The van der Waals surface area contributed by atoms with Crippen LogP contribution in [0, 0.1) is 6.92 Å². The predicted molar refractivity (Wildman–Crippen MR) is 57.8 cm³/mol. The lowest BCUT2D eigenvalue weighted by atomic mass is 10.0. The fourth-order valence-electron chi connectivity index (χ4n) is 1.39. The van der Waals surface area contributed by atoms with Crippen molar-refractivity contribution in [3.63, 3.8) is 0 Å². The molecule has 0 saturated carbocycles. The third kappa shape index (κ3) is 2.57. The molecule has 0 radical (unpaired) electrons. The normalized spacial score (nSPS) is 9.80. The number of halogens is 1. The molecular weight excluding hydrogens is 216 g/mol. The number of aldehydes is 1. The summed E-state index contributed by atoms with van der Waals surface area (Å²) in [5.74, 6) is 0.193. The molecule has 1 aromatic rings. The van der Waals surface area contributed by atoms with Crippen molar-refractivity contribution in [3.8, 4) is 5.75 Å². The van der Waals surface area contributed by atoms with Gasteiger partial charge in [0.25, 0.3) is 0 Å². The summed E-state index contributed by atoms with van der Waals surface area (Å²) < 4.78 is 5.10. The molecule has 80 valence electrons. The maximum atomic E-state index is 11.6. The van der Waals surface area contributed by atoms with Crippen LogP contribution < -0.4 is 4.74 Å². The minimum atomic E-state index is -0.285. The van der Waals surface area contributed by atoms with E-state index < -0.39 is 0 Å². The van der Waals surface area contributed by atoms with E-state index in [1.54, 1.807) is 13.0 Å². The molecule has 4 heteroatoms. The molecule has 0 aliphatic heterocycles. The molecule has 0 fully saturated rings. The summed E-state index contributed by atoms with van der Waals surface area (Å²) in [6.45, 7) is 1.79. The number of carbonyl (C=O) groups excluding carboxylic acids is 2. The van der Waals surface area contributed by atoms with Gasteiger partial charge in [-0.2, -0.15) is 0 Å². The van der Waals surface area contributed by atoms with Gasteiger partial charge >= 0.3 is 0 Å². The highest BCUT2D eigenvalue weighted by Gasteiger charge is 2.14. The van der Waals surface area contributed by atoms with E-state index in [-0.39, 0.29) is 12.2 Å². The average Bonchev–Trinajstić information content (AvgIpc) is 2.17. The second-order valence-corrected chi connectivity index (χ2v) is 3.53. The van der Waals surface area contributed by atoms with Crippen molar-refractivity contribution in [2.45, 2.75) is 13.3 Å². The van der Waals surface area contributed by atoms with Crippen molar-refractivity contribution in [2.24, 2.45) is 0 Å². The highest BCUT2D eigenvalue weighted by molar-refractivity contribution is 6.31. The number of ether oxygens (including phenoxy) is 1. The Hall–Kier alpha value is -1.35. The SMILES string of the molecule is COc1c(C)cc(Cl)cc1C(=O)CC=O. The first kappa shape index (κ1) is 11.7. The fraction of sp³-hybridized carbons (Fsp3) is 0.273. The van der Waals surface area contributed by atoms with Crippen molar-refractivity contribution >= 4 is 23.7 Å². The van der Waals surface area contributed by atoms with Gasteiger partial charge in [0, 0.05) is 5.02 Å². The van der Waals surface area contributed by atoms with Crippen molar-refractivity contribution in [1.29, 1.82) is 0 Å². The summed E-state index contributed by atoms with van der Waals surface area (Å²) in [4.78, 5) is 21.8. The van der Waals surface area contributed by atoms with Gasteiger partial charge in [-0.1, -0.05) is 11.6 Å². The van der Waals surface area contributed by atoms with Crippen molar-refractivity contribution in [2.75, 3.05) is 7.11 Å². The number of aryl methyl sites for hydroxylation is 1. The Bertz CT molecular complexity index is 399. The summed E-state index contributed by atoms with van der Waals surface area (Å²) in [5, 5.41) is 0.461. The molecule has 0 aromatic heterocycles. The molecule has 0 aliphatic rings. The Balaban J connectivity index is 3.25. The van der Waals surface area contributed by atoms with Crippen molar-refractivity contribution in [3.05, 3.63) is 28.3 Å². The molecule has 15 heavy (non-hydrogen) atoms. The van der Waals surface area contributed by atoms with E-state index >= 15 is 0 Å². The van der Waals surface area contributed by atoms with Gasteiger partial charge < -0.3 is 9.53 Å². The summed E-state index contributed by atoms with van der Waals surface area (Å²) in [6.07, 6.45) is 0.411. The molecule has 1 aromatic carbocycles. The summed E-state index contributed by atoms with van der Waals surface area (Å²) in [7, 11) is 1.48. The highest BCUT2D eigenvalue weighted by Crippen LogP contribution is 2.28. The monoisotopic (exact) mass is 226 g/mol. The Morgan fingerprint density at radius 2 is 2.20 bits per heavy atom. The van der Waals surface area contributed by atoms with Gasteiger partial charge in [0.15, 0.2) is 5.78 Å². The van der Waals surface area contributed by atoms with Crippen LogP contribution in [0.2, 0.25) is 5.02 Å². The summed E-state index contributed by atoms with van der Waals surface area (Å²) in [6, 6.07) is 3.22. The zero-order valence-electron chi connectivity index (χ0n) is 8.54. The van der Waals surface area contributed by atoms with Crippen LogP contribution >= 0.6 is 11.6 Å². The minimum Gasteiger partial charge on any atom is -0.496 e. The highest BCUT2D eigenvalue weighted by atomic mass is 35.5. The molecule has 3 nitrogen and oxygen atoms in total. The average molecular weight is 227 g/mol. The Morgan fingerprint density at radius 3 is 2.73 bits per heavy atom. The standard InChI is InChI=1S/C11H11ClO3/c1-7-5-8(12)6-9(11(7)15-2)10(14)3-4-13/h4-6H,3H2,1-2H3. The number of rotatable bonds is 4. The van der Waals surface area contributed by atoms with E-state index in [0.717, 1.165) is 5.56 Å². The Morgan fingerprint density at radius 1 is 1.53 bits per heavy atom. The first-order valence-electron chi connectivity index (χ1n) is 4.41. The number of ketones is 1. The van der Waals surface area contributed by atoms with Gasteiger partial charge in [-0.3, -0.25) is 4.79 Å². The second kappa shape index (κ2) is 4.94. The van der Waals surface area contributed by atoms with Crippen LogP contribution in [0.5, 0.6) is 5.75 Å². The molecule has 0 N–H and O–H groups in total. The van der Waals surface area contributed by atoms with Crippen LogP contribution in [0.25, 0.3) is 0 Å². The van der Waals surface area contributed by atoms with Crippen LogP contribution in [0.4, 0.5) is 0 Å². The molecule has 0 spiro atoms. The van der Waals surface area contributed by atoms with Gasteiger partial charge in [0.05, 0.1) is 19.1 Å². The van der Waals surface area contributed by atoms with Gasteiger partial charge in [0.1, 0.15) is 12.0 Å². The molecule has 0 bridgehead atoms. The molecule has 0 unspecified atom stereocenters. The Kier molecular flexibility index (Phi) is 3.86. The molecular formula is C11H11ClO3. The van der Waals surface area contributed by atoms with E-state index in [1.807, 2.05) is 0 Å². The zero-order chi connectivity index (χ0) is 11.4. The van der Waals surface area contributed by atoms with Crippen molar-refractivity contribution in [1.82, 2.24) is 0 Å². The van der Waals surface area contributed by atoms with Crippen LogP contribution in [0.15, 0.2) is 12.1 Å². The van der Waals surface area contributed by atoms with Crippen LogP contribution in [0.1, 0.15) is 22.3 Å². The Labute approximate surface area is 93.0 Å². The van der Waals surface area contributed by atoms with E-state index in [4.69, 9.17) is 16.3 Å². The molecule has 1 rings (SSSR count). The maximum absolute atomic E-state index is 11.6. The van der Waals surface area contributed by atoms with E-state index in [0.29, 0.717) is 22.6 Å². The molecule has 0 heterocycles. The summed E-state index contributed by atoms with van der Waals surface area (Å²) >= 11 is 5.83.